The lowest BCUT2D eigenvalue weighted by Crippen LogP contribution is -2.35. The molecule has 2 nitrogen and oxygen atoms in total. The zero-order valence-electron chi connectivity index (χ0n) is 13.0. The third-order valence-electron chi connectivity index (χ3n) is 4.61. The zero-order chi connectivity index (χ0) is 15.5. The van der Waals surface area contributed by atoms with Crippen molar-refractivity contribution in [3.63, 3.8) is 0 Å². The summed E-state index contributed by atoms with van der Waals surface area (Å²) >= 11 is 0. The molecule has 0 aromatic heterocycles. The van der Waals surface area contributed by atoms with Gasteiger partial charge in [-0.25, -0.2) is 8.78 Å². The van der Waals surface area contributed by atoms with Crippen molar-refractivity contribution < 1.29 is 8.78 Å². The summed E-state index contributed by atoms with van der Waals surface area (Å²) in [7, 11) is 0. The van der Waals surface area contributed by atoms with Crippen molar-refractivity contribution in [3.05, 3.63) is 35.4 Å². The molecular weight excluding hydrogens is 270 g/mol. The first-order chi connectivity index (χ1) is 9.93. The van der Waals surface area contributed by atoms with Crippen molar-refractivity contribution in [3.8, 4) is 0 Å². The average Bonchev–Trinajstić information content (AvgIpc) is 2.62. The van der Waals surface area contributed by atoms with Crippen LogP contribution in [0.5, 0.6) is 0 Å². The summed E-state index contributed by atoms with van der Waals surface area (Å²) in [5, 5.41) is 0. The van der Waals surface area contributed by atoms with Crippen LogP contribution in [0.2, 0.25) is 0 Å². The summed E-state index contributed by atoms with van der Waals surface area (Å²) in [6.07, 6.45) is 1.14. The van der Waals surface area contributed by atoms with E-state index in [9.17, 15) is 8.78 Å². The first-order valence-electron chi connectivity index (χ1n) is 7.75. The Morgan fingerprint density at radius 3 is 2.29 bits per heavy atom. The lowest BCUT2D eigenvalue weighted by molar-refractivity contribution is 0.151. The molecular formula is C17H26F2N2. The first kappa shape index (κ1) is 16.4. The van der Waals surface area contributed by atoms with E-state index in [0.29, 0.717) is 12.0 Å². The van der Waals surface area contributed by atoms with Gasteiger partial charge in [-0.3, -0.25) is 4.90 Å². The van der Waals surface area contributed by atoms with Crippen molar-refractivity contribution in [2.75, 3.05) is 19.6 Å². The normalized spacial score (nSPS) is 21.2. The van der Waals surface area contributed by atoms with Gasteiger partial charge >= 0.3 is 0 Å². The largest absolute Gasteiger partial charge is 0.329 e. The van der Waals surface area contributed by atoms with Gasteiger partial charge in [-0.15, -0.1) is 0 Å². The molecule has 4 heteroatoms. The van der Waals surface area contributed by atoms with Gasteiger partial charge in [0.05, 0.1) is 0 Å². The van der Waals surface area contributed by atoms with Gasteiger partial charge < -0.3 is 5.73 Å². The zero-order valence-corrected chi connectivity index (χ0v) is 13.0. The van der Waals surface area contributed by atoms with Crippen LogP contribution in [-0.4, -0.2) is 24.5 Å². The molecule has 118 valence electrons. The second-order valence-electron chi connectivity index (χ2n) is 6.77. The van der Waals surface area contributed by atoms with Gasteiger partial charge in [0.1, 0.15) is 0 Å². The summed E-state index contributed by atoms with van der Waals surface area (Å²) in [6.45, 7) is 7.19. The molecule has 2 rings (SSSR count). The monoisotopic (exact) mass is 296 g/mol. The van der Waals surface area contributed by atoms with Gasteiger partial charge in [0.2, 0.25) is 0 Å². The number of hydrogen-bond acceptors (Lipinski definition) is 2. The van der Waals surface area contributed by atoms with E-state index < -0.39 is 6.43 Å². The highest BCUT2D eigenvalue weighted by atomic mass is 19.3. The van der Waals surface area contributed by atoms with Crippen LogP contribution in [0.15, 0.2) is 24.3 Å². The predicted molar refractivity (Wildman–Crippen MR) is 82.4 cm³/mol. The maximum absolute atomic E-state index is 12.6. The maximum Gasteiger partial charge on any atom is 0.263 e. The van der Waals surface area contributed by atoms with Crippen LogP contribution in [0.25, 0.3) is 0 Å². The Hall–Kier alpha value is -1.00. The van der Waals surface area contributed by atoms with Gasteiger partial charge in [-0.1, -0.05) is 38.1 Å². The number of hydrogen-bond donors (Lipinski definition) is 1. The van der Waals surface area contributed by atoms with Crippen LogP contribution < -0.4 is 5.73 Å². The molecule has 0 saturated carbocycles. The van der Waals surface area contributed by atoms with Crippen molar-refractivity contribution in [2.24, 2.45) is 11.1 Å². The third-order valence-corrected chi connectivity index (χ3v) is 4.61. The lowest BCUT2D eigenvalue weighted by Gasteiger charge is -2.31. The van der Waals surface area contributed by atoms with Crippen molar-refractivity contribution in [1.29, 1.82) is 0 Å². The summed E-state index contributed by atoms with van der Waals surface area (Å²) in [5.74, 6) is 0. The van der Waals surface area contributed by atoms with E-state index in [0.717, 1.165) is 25.1 Å². The fourth-order valence-corrected chi connectivity index (χ4v) is 3.12. The molecule has 0 amide bonds. The number of likely N-dealkylation sites (tertiary alicyclic amines) is 1. The van der Waals surface area contributed by atoms with E-state index in [2.05, 4.69) is 18.7 Å². The summed E-state index contributed by atoms with van der Waals surface area (Å²) in [4.78, 5) is 2.41. The fourth-order valence-electron chi connectivity index (χ4n) is 3.12. The SMILES string of the molecule is CC1(C)CCCN(C(CN)c2ccc(C(F)F)cc2)CC1. The molecule has 1 aromatic rings. The van der Waals surface area contributed by atoms with E-state index >= 15 is 0 Å². The van der Waals surface area contributed by atoms with Crippen LogP contribution in [0.4, 0.5) is 8.78 Å². The maximum atomic E-state index is 12.6. The standard InChI is InChI=1S/C17H26F2N2/c1-17(2)8-3-10-21(11-9-17)15(12-20)13-4-6-14(7-5-13)16(18)19/h4-7,15-16H,3,8-12,20H2,1-2H3. The van der Waals surface area contributed by atoms with Crippen molar-refractivity contribution in [1.82, 2.24) is 4.90 Å². The van der Waals surface area contributed by atoms with E-state index in [1.165, 1.54) is 25.0 Å². The molecule has 0 aliphatic carbocycles. The molecule has 1 aromatic carbocycles. The molecule has 1 atom stereocenters. The highest BCUT2D eigenvalue weighted by Crippen LogP contribution is 2.33. The van der Waals surface area contributed by atoms with Gasteiger partial charge in [0.15, 0.2) is 0 Å². The minimum atomic E-state index is -2.41. The van der Waals surface area contributed by atoms with Crippen LogP contribution in [-0.2, 0) is 0 Å². The number of rotatable bonds is 4. The Balaban J connectivity index is 2.11. The van der Waals surface area contributed by atoms with E-state index in [-0.39, 0.29) is 11.6 Å². The Morgan fingerprint density at radius 1 is 1.10 bits per heavy atom. The van der Waals surface area contributed by atoms with Crippen molar-refractivity contribution >= 4 is 0 Å². The molecule has 1 aliphatic rings. The summed E-state index contributed by atoms with van der Waals surface area (Å²) in [5.41, 5.74) is 7.46. The quantitative estimate of drug-likeness (QED) is 0.905. The van der Waals surface area contributed by atoms with E-state index in [1.54, 1.807) is 12.1 Å². The van der Waals surface area contributed by atoms with Gasteiger partial charge in [-0.05, 0) is 43.3 Å². The molecule has 1 fully saturated rings. The molecule has 1 heterocycles. The second kappa shape index (κ2) is 6.84. The second-order valence-corrected chi connectivity index (χ2v) is 6.77. The van der Waals surface area contributed by atoms with E-state index in [1.807, 2.05) is 0 Å². The predicted octanol–water partition coefficient (Wildman–Crippen LogP) is 4.14. The van der Waals surface area contributed by atoms with Gasteiger partial charge in [0.25, 0.3) is 6.43 Å². The Bertz CT molecular complexity index is 443. The molecule has 0 spiro atoms. The summed E-state index contributed by atoms with van der Waals surface area (Å²) < 4.78 is 25.3. The highest BCUT2D eigenvalue weighted by Gasteiger charge is 2.27. The van der Waals surface area contributed by atoms with Crippen LogP contribution in [0.3, 0.4) is 0 Å². The van der Waals surface area contributed by atoms with Gasteiger partial charge in [0, 0.05) is 18.2 Å². The highest BCUT2D eigenvalue weighted by molar-refractivity contribution is 5.26. The molecule has 0 bridgehead atoms. The average molecular weight is 296 g/mol. The Kier molecular flexibility index (Phi) is 5.33. The molecule has 21 heavy (non-hydrogen) atoms. The Labute approximate surface area is 126 Å². The molecule has 1 saturated heterocycles. The molecule has 0 radical (unpaired) electrons. The number of benzene rings is 1. The van der Waals surface area contributed by atoms with Crippen LogP contribution in [0, 0.1) is 5.41 Å². The lowest BCUT2D eigenvalue weighted by atomic mass is 9.85. The first-order valence-corrected chi connectivity index (χ1v) is 7.75. The summed E-state index contributed by atoms with van der Waals surface area (Å²) in [6, 6.07) is 6.77. The smallest absolute Gasteiger partial charge is 0.263 e. The Morgan fingerprint density at radius 2 is 1.71 bits per heavy atom. The third kappa shape index (κ3) is 4.24. The van der Waals surface area contributed by atoms with Crippen LogP contribution in [0.1, 0.15) is 56.7 Å². The number of halogens is 2. The molecule has 2 N–H and O–H groups in total. The minimum Gasteiger partial charge on any atom is -0.329 e. The van der Waals surface area contributed by atoms with Gasteiger partial charge in [-0.2, -0.15) is 0 Å². The van der Waals surface area contributed by atoms with Crippen LogP contribution >= 0.6 is 0 Å². The number of nitrogens with two attached hydrogens (primary N) is 1. The van der Waals surface area contributed by atoms with Crippen molar-refractivity contribution in [2.45, 2.75) is 45.6 Å². The topological polar surface area (TPSA) is 29.3 Å². The fraction of sp³-hybridized carbons (Fsp3) is 0.647. The van der Waals surface area contributed by atoms with E-state index in [4.69, 9.17) is 5.73 Å². The molecule has 1 unspecified atom stereocenters. The number of nitrogens with zero attached hydrogens (tertiary/aromatic N) is 1. The minimum absolute atomic E-state index is 0.0755. The number of alkyl halides is 2. The molecule has 1 aliphatic heterocycles.